The number of hydrogen-bond acceptors (Lipinski definition) is 5. The highest BCUT2D eigenvalue weighted by molar-refractivity contribution is 6.06. The second-order valence-corrected chi connectivity index (χ2v) is 6.26. The molecule has 3 rings (SSSR count). The van der Waals surface area contributed by atoms with E-state index in [0.29, 0.717) is 41.0 Å². The van der Waals surface area contributed by atoms with Gasteiger partial charge in [-0.2, -0.15) is 0 Å². The van der Waals surface area contributed by atoms with Crippen molar-refractivity contribution in [3.63, 3.8) is 0 Å². The van der Waals surface area contributed by atoms with Crippen molar-refractivity contribution in [3.05, 3.63) is 47.2 Å². The molecular formula is C19H21N3O3. The van der Waals surface area contributed by atoms with Gasteiger partial charge in [0.1, 0.15) is 0 Å². The first kappa shape index (κ1) is 17.1. The fourth-order valence-electron chi connectivity index (χ4n) is 2.64. The van der Waals surface area contributed by atoms with E-state index in [1.165, 1.54) is 0 Å². The van der Waals surface area contributed by atoms with E-state index in [0.717, 1.165) is 11.1 Å². The molecule has 1 amide bonds. The molecule has 3 aromatic rings. The number of aliphatic hydroxyl groups excluding tert-OH is 1. The molecule has 130 valence electrons. The summed E-state index contributed by atoms with van der Waals surface area (Å²) in [7, 11) is 0. The van der Waals surface area contributed by atoms with Crippen LogP contribution in [-0.2, 0) is 0 Å². The number of amides is 1. The fraction of sp³-hybridized carbons (Fsp3) is 0.316. The van der Waals surface area contributed by atoms with Crippen molar-refractivity contribution in [2.24, 2.45) is 0 Å². The summed E-state index contributed by atoms with van der Waals surface area (Å²) in [5.41, 5.74) is 4.15. The lowest BCUT2D eigenvalue weighted by atomic mass is 10.0. The Bertz CT molecular complexity index is 898. The van der Waals surface area contributed by atoms with Crippen molar-refractivity contribution in [2.75, 3.05) is 6.54 Å². The molecule has 0 radical (unpaired) electrons. The number of pyridine rings is 1. The van der Waals surface area contributed by atoms with Crippen LogP contribution in [0.15, 0.2) is 34.9 Å². The average molecular weight is 339 g/mol. The second-order valence-electron chi connectivity index (χ2n) is 6.26. The summed E-state index contributed by atoms with van der Waals surface area (Å²) in [5.74, 6) is -0.229. The summed E-state index contributed by atoms with van der Waals surface area (Å²) in [6, 6.07) is 9.67. The lowest BCUT2D eigenvalue weighted by Crippen LogP contribution is -2.26. The maximum atomic E-state index is 12.6. The van der Waals surface area contributed by atoms with Gasteiger partial charge in [0.15, 0.2) is 0 Å². The van der Waals surface area contributed by atoms with Crippen molar-refractivity contribution in [1.29, 1.82) is 0 Å². The van der Waals surface area contributed by atoms with Gasteiger partial charge in [0.25, 0.3) is 11.6 Å². The Labute approximate surface area is 145 Å². The minimum Gasteiger partial charge on any atom is -0.393 e. The molecule has 0 aliphatic heterocycles. The van der Waals surface area contributed by atoms with E-state index in [4.69, 9.17) is 4.52 Å². The van der Waals surface area contributed by atoms with E-state index in [1.807, 2.05) is 31.2 Å². The van der Waals surface area contributed by atoms with Gasteiger partial charge in [-0.15, -0.1) is 0 Å². The standard InChI is InChI=1S/C19H21N3O3/c1-11-4-6-14(7-5-11)16-10-15(18(24)20-9-8-12(2)23)17-13(3)22-25-19(17)21-16/h4-7,10,12,23H,8-9H2,1-3H3,(H,20,24). The van der Waals surface area contributed by atoms with Crippen LogP contribution in [0.2, 0.25) is 0 Å². The van der Waals surface area contributed by atoms with Gasteiger partial charge < -0.3 is 14.9 Å². The van der Waals surface area contributed by atoms with E-state index < -0.39 is 6.10 Å². The summed E-state index contributed by atoms with van der Waals surface area (Å²) >= 11 is 0. The molecule has 0 spiro atoms. The zero-order chi connectivity index (χ0) is 18.0. The molecule has 6 nitrogen and oxygen atoms in total. The molecular weight excluding hydrogens is 318 g/mol. The fourth-order valence-corrected chi connectivity index (χ4v) is 2.64. The number of fused-ring (bicyclic) bond motifs is 1. The van der Waals surface area contributed by atoms with Crippen LogP contribution < -0.4 is 5.32 Å². The topological polar surface area (TPSA) is 88.2 Å². The zero-order valence-electron chi connectivity index (χ0n) is 14.5. The van der Waals surface area contributed by atoms with Crippen LogP contribution in [0, 0.1) is 13.8 Å². The highest BCUT2D eigenvalue weighted by Crippen LogP contribution is 2.27. The molecule has 0 saturated carbocycles. The van der Waals surface area contributed by atoms with E-state index in [9.17, 15) is 9.90 Å². The molecule has 0 aliphatic carbocycles. The number of rotatable bonds is 5. The maximum absolute atomic E-state index is 12.6. The molecule has 2 aromatic heterocycles. The SMILES string of the molecule is Cc1ccc(-c2cc(C(=O)NCCC(C)O)c3c(C)noc3n2)cc1. The third kappa shape index (κ3) is 3.69. The number of aryl methyl sites for hydroxylation is 2. The summed E-state index contributed by atoms with van der Waals surface area (Å²) < 4.78 is 5.29. The normalized spacial score (nSPS) is 12.3. The molecule has 1 atom stereocenters. The third-order valence-electron chi connectivity index (χ3n) is 4.06. The lowest BCUT2D eigenvalue weighted by molar-refractivity contribution is 0.0947. The van der Waals surface area contributed by atoms with Crippen molar-refractivity contribution >= 4 is 17.0 Å². The Balaban J connectivity index is 2.01. The number of carbonyl (C=O) groups excluding carboxylic acids is 1. The van der Waals surface area contributed by atoms with Crippen LogP contribution in [0.1, 0.15) is 35.0 Å². The first-order chi connectivity index (χ1) is 12.0. The molecule has 0 fully saturated rings. The number of nitrogens with zero attached hydrogens (tertiary/aromatic N) is 2. The quantitative estimate of drug-likeness (QED) is 0.746. The number of aromatic nitrogens is 2. The number of hydrogen-bond donors (Lipinski definition) is 2. The first-order valence-corrected chi connectivity index (χ1v) is 8.26. The third-order valence-corrected chi connectivity index (χ3v) is 4.06. The highest BCUT2D eigenvalue weighted by atomic mass is 16.5. The van der Waals surface area contributed by atoms with Gasteiger partial charge in [0.05, 0.1) is 28.4 Å². The van der Waals surface area contributed by atoms with E-state index in [1.54, 1.807) is 19.9 Å². The molecule has 2 heterocycles. The van der Waals surface area contributed by atoms with Crippen LogP contribution in [-0.4, -0.2) is 33.8 Å². The average Bonchev–Trinajstić information content (AvgIpc) is 2.95. The molecule has 0 aliphatic rings. The van der Waals surface area contributed by atoms with Crippen LogP contribution in [0.4, 0.5) is 0 Å². The minimum absolute atomic E-state index is 0.229. The summed E-state index contributed by atoms with van der Waals surface area (Å²) in [6.45, 7) is 5.88. The van der Waals surface area contributed by atoms with Crippen LogP contribution >= 0.6 is 0 Å². The largest absolute Gasteiger partial charge is 0.393 e. The summed E-state index contributed by atoms with van der Waals surface area (Å²) in [6.07, 6.45) is 0.0335. The predicted molar refractivity (Wildman–Crippen MR) is 95.3 cm³/mol. The molecule has 25 heavy (non-hydrogen) atoms. The van der Waals surface area contributed by atoms with Gasteiger partial charge in [0.2, 0.25) is 0 Å². The number of aliphatic hydroxyl groups is 1. The monoisotopic (exact) mass is 339 g/mol. The molecule has 2 N–H and O–H groups in total. The van der Waals surface area contributed by atoms with Gasteiger partial charge in [-0.05, 0) is 33.3 Å². The Morgan fingerprint density at radius 3 is 2.68 bits per heavy atom. The van der Waals surface area contributed by atoms with E-state index >= 15 is 0 Å². The van der Waals surface area contributed by atoms with Crippen molar-refractivity contribution in [3.8, 4) is 11.3 Å². The smallest absolute Gasteiger partial charge is 0.259 e. The van der Waals surface area contributed by atoms with E-state index in [2.05, 4.69) is 15.5 Å². The Morgan fingerprint density at radius 2 is 2.00 bits per heavy atom. The maximum Gasteiger partial charge on any atom is 0.259 e. The van der Waals surface area contributed by atoms with Crippen LogP contribution in [0.3, 0.4) is 0 Å². The van der Waals surface area contributed by atoms with Crippen LogP contribution in [0.5, 0.6) is 0 Å². The van der Waals surface area contributed by atoms with Gasteiger partial charge in [0, 0.05) is 12.1 Å². The predicted octanol–water partition coefficient (Wildman–Crippen LogP) is 3.01. The summed E-state index contributed by atoms with van der Waals surface area (Å²) in [5, 5.41) is 16.7. The van der Waals surface area contributed by atoms with Gasteiger partial charge >= 0.3 is 0 Å². The minimum atomic E-state index is -0.460. The molecule has 0 saturated heterocycles. The number of nitrogens with one attached hydrogen (secondary N) is 1. The number of carbonyl (C=O) groups is 1. The lowest BCUT2D eigenvalue weighted by Gasteiger charge is -2.09. The molecule has 0 bridgehead atoms. The Kier molecular flexibility index (Phi) is 4.81. The molecule has 6 heteroatoms. The van der Waals surface area contributed by atoms with Gasteiger partial charge in [-0.25, -0.2) is 4.98 Å². The Hall–Kier alpha value is -2.73. The first-order valence-electron chi connectivity index (χ1n) is 8.26. The van der Waals surface area contributed by atoms with Crippen molar-refractivity contribution < 1.29 is 14.4 Å². The van der Waals surface area contributed by atoms with Crippen molar-refractivity contribution in [2.45, 2.75) is 33.3 Å². The molecule has 1 unspecified atom stereocenters. The van der Waals surface area contributed by atoms with E-state index in [-0.39, 0.29) is 5.91 Å². The van der Waals surface area contributed by atoms with Crippen molar-refractivity contribution in [1.82, 2.24) is 15.5 Å². The number of benzene rings is 1. The van der Waals surface area contributed by atoms with Crippen LogP contribution in [0.25, 0.3) is 22.4 Å². The zero-order valence-corrected chi connectivity index (χ0v) is 14.5. The summed E-state index contributed by atoms with van der Waals surface area (Å²) in [4.78, 5) is 17.1. The molecule has 1 aromatic carbocycles. The van der Waals surface area contributed by atoms with Gasteiger partial charge in [-0.3, -0.25) is 4.79 Å². The second kappa shape index (κ2) is 7.03. The Morgan fingerprint density at radius 1 is 1.28 bits per heavy atom. The van der Waals surface area contributed by atoms with Gasteiger partial charge in [-0.1, -0.05) is 35.0 Å². The highest BCUT2D eigenvalue weighted by Gasteiger charge is 2.19.